The molecule has 0 saturated heterocycles. The molecular weight excluding hydrogens is 198 g/mol. The van der Waals surface area contributed by atoms with Gasteiger partial charge in [-0.2, -0.15) is 0 Å². The van der Waals surface area contributed by atoms with Crippen molar-refractivity contribution in [1.29, 1.82) is 0 Å². The number of nitrogen functional groups attached to an aromatic ring is 1. The summed E-state index contributed by atoms with van der Waals surface area (Å²) in [5, 5.41) is 3.09. The maximum absolute atomic E-state index is 11.2. The third kappa shape index (κ3) is 2.63. The lowest BCUT2D eigenvalue weighted by molar-refractivity contribution is -0.119. The predicted octanol–water partition coefficient (Wildman–Crippen LogP) is 0.890. The van der Waals surface area contributed by atoms with Crippen molar-refractivity contribution >= 4 is 23.4 Å². The lowest BCUT2D eigenvalue weighted by atomic mass is 10.4. The molecule has 1 aromatic heterocycles. The molecule has 1 unspecified atom stereocenters. The number of pyridine rings is 1. The second-order valence-corrected chi connectivity index (χ2v) is 4.10. The van der Waals surface area contributed by atoms with Crippen LogP contribution in [0, 0.1) is 0 Å². The molecule has 3 N–H and O–H groups in total. The van der Waals surface area contributed by atoms with Crippen molar-refractivity contribution in [2.75, 3.05) is 12.8 Å². The average molecular weight is 211 g/mol. The molecule has 76 valence electrons. The van der Waals surface area contributed by atoms with Gasteiger partial charge in [0.05, 0.1) is 10.9 Å². The fourth-order valence-electron chi connectivity index (χ4n) is 0.926. The molecule has 1 heterocycles. The van der Waals surface area contributed by atoms with Gasteiger partial charge in [0.1, 0.15) is 5.03 Å². The van der Waals surface area contributed by atoms with Crippen molar-refractivity contribution in [3.63, 3.8) is 0 Å². The molecule has 0 aromatic carbocycles. The van der Waals surface area contributed by atoms with E-state index in [9.17, 15) is 4.79 Å². The number of amides is 1. The Morgan fingerprint density at radius 1 is 1.71 bits per heavy atom. The molecule has 0 aliphatic rings. The van der Waals surface area contributed by atoms with Gasteiger partial charge in [-0.15, -0.1) is 0 Å². The van der Waals surface area contributed by atoms with Crippen LogP contribution in [-0.4, -0.2) is 23.2 Å². The monoisotopic (exact) mass is 211 g/mol. The SMILES string of the molecule is CNC(=O)C(C)Sc1ncccc1N. The fraction of sp³-hybridized carbons (Fsp3) is 0.333. The van der Waals surface area contributed by atoms with E-state index in [2.05, 4.69) is 10.3 Å². The summed E-state index contributed by atoms with van der Waals surface area (Å²) < 4.78 is 0. The Morgan fingerprint density at radius 3 is 3.00 bits per heavy atom. The number of hydrogen-bond donors (Lipinski definition) is 2. The molecular formula is C9H13N3OS. The van der Waals surface area contributed by atoms with Gasteiger partial charge in [0, 0.05) is 13.2 Å². The van der Waals surface area contributed by atoms with E-state index in [4.69, 9.17) is 5.73 Å². The van der Waals surface area contributed by atoms with Crippen molar-refractivity contribution in [2.24, 2.45) is 0 Å². The number of rotatable bonds is 3. The van der Waals surface area contributed by atoms with Gasteiger partial charge in [0.15, 0.2) is 0 Å². The van der Waals surface area contributed by atoms with Crippen LogP contribution in [0.5, 0.6) is 0 Å². The van der Waals surface area contributed by atoms with Gasteiger partial charge in [-0.25, -0.2) is 4.98 Å². The molecule has 5 heteroatoms. The number of thioether (sulfide) groups is 1. The Kier molecular flexibility index (Phi) is 3.76. The summed E-state index contributed by atoms with van der Waals surface area (Å²) in [4.78, 5) is 15.3. The summed E-state index contributed by atoms with van der Waals surface area (Å²) in [6.45, 7) is 1.82. The minimum absolute atomic E-state index is 0.0277. The third-order valence-electron chi connectivity index (χ3n) is 1.70. The zero-order chi connectivity index (χ0) is 10.6. The molecule has 0 spiro atoms. The van der Waals surface area contributed by atoms with E-state index >= 15 is 0 Å². The topological polar surface area (TPSA) is 68.0 Å². The summed E-state index contributed by atoms with van der Waals surface area (Å²) >= 11 is 1.35. The third-order valence-corrected chi connectivity index (χ3v) is 2.84. The quantitative estimate of drug-likeness (QED) is 0.729. The van der Waals surface area contributed by atoms with Crippen molar-refractivity contribution in [3.8, 4) is 0 Å². The van der Waals surface area contributed by atoms with Crippen molar-refractivity contribution in [2.45, 2.75) is 17.2 Å². The molecule has 0 fully saturated rings. The smallest absolute Gasteiger partial charge is 0.233 e. The molecule has 0 saturated carbocycles. The first kappa shape index (κ1) is 10.8. The van der Waals surface area contributed by atoms with Gasteiger partial charge in [-0.05, 0) is 19.1 Å². The number of aromatic nitrogens is 1. The first-order valence-corrected chi connectivity index (χ1v) is 5.12. The largest absolute Gasteiger partial charge is 0.397 e. The molecule has 0 bridgehead atoms. The highest BCUT2D eigenvalue weighted by molar-refractivity contribution is 8.00. The van der Waals surface area contributed by atoms with Crippen LogP contribution in [0.1, 0.15) is 6.92 Å². The maximum atomic E-state index is 11.2. The maximum Gasteiger partial charge on any atom is 0.233 e. The second-order valence-electron chi connectivity index (χ2n) is 2.77. The number of nitrogens with one attached hydrogen (secondary N) is 1. The van der Waals surface area contributed by atoms with Crippen LogP contribution in [0.4, 0.5) is 5.69 Å². The number of carbonyl (C=O) groups excluding carboxylic acids is 1. The number of hydrogen-bond acceptors (Lipinski definition) is 4. The summed E-state index contributed by atoms with van der Waals surface area (Å²) in [6, 6.07) is 3.54. The van der Waals surface area contributed by atoms with Crippen LogP contribution < -0.4 is 11.1 Å². The van der Waals surface area contributed by atoms with E-state index in [0.29, 0.717) is 10.7 Å². The zero-order valence-corrected chi connectivity index (χ0v) is 8.97. The molecule has 0 radical (unpaired) electrons. The fourth-order valence-corrected chi connectivity index (χ4v) is 1.81. The Bertz CT molecular complexity index is 330. The van der Waals surface area contributed by atoms with Crippen LogP contribution in [0.3, 0.4) is 0 Å². The zero-order valence-electron chi connectivity index (χ0n) is 8.15. The molecule has 1 atom stereocenters. The number of carbonyl (C=O) groups is 1. The minimum atomic E-state index is -0.183. The normalized spacial score (nSPS) is 12.1. The standard InChI is InChI=1S/C9H13N3OS/c1-6(8(13)11-2)14-9-7(10)4-3-5-12-9/h3-6H,10H2,1-2H3,(H,11,13). The molecule has 1 amide bonds. The van der Waals surface area contributed by atoms with Gasteiger partial charge in [-0.3, -0.25) is 4.79 Å². The summed E-state index contributed by atoms with van der Waals surface area (Å²) in [6.07, 6.45) is 1.66. The van der Waals surface area contributed by atoms with Crippen molar-refractivity contribution in [3.05, 3.63) is 18.3 Å². The van der Waals surface area contributed by atoms with Gasteiger partial charge in [0.25, 0.3) is 0 Å². The van der Waals surface area contributed by atoms with Crippen molar-refractivity contribution < 1.29 is 4.79 Å². The van der Waals surface area contributed by atoms with Gasteiger partial charge >= 0.3 is 0 Å². The number of nitrogens with zero attached hydrogens (tertiary/aromatic N) is 1. The molecule has 1 rings (SSSR count). The lowest BCUT2D eigenvalue weighted by Crippen LogP contribution is -2.27. The summed E-state index contributed by atoms with van der Waals surface area (Å²) in [7, 11) is 1.61. The average Bonchev–Trinajstić information content (AvgIpc) is 2.20. The lowest BCUT2D eigenvalue weighted by Gasteiger charge is -2.09. The van der Waals surface area contributed by atoms with E-state index in [-0.39, 0.29) is 11.2 Å². The van der Waals surface area contributed by atoms with Crippen LogP contribution >= 0.6 is 11.8 Å². The highest BCUT2D eigenvalue weighted by atomic mass is 32.2. The molecule has 0 aliphatic heterocycles. The van der Waals surface area contributed by atoms with Crippen molar-refractivity contribution in [1.82, 2.24) is 10.3 Å². The van der Waals surface area contributed by atoms with E-state index in [0.717, 1.165) is 0 Å². The number of anilines is 1. The van der Waals surface area contributed by atoms with Gasteiger partial charge < -0.3 is 11.1 Å². The van der Waals surface area contributed by atoms with E-state index in [1.54, 1.807) is 25.4 Å². The Labute approximate surface area is 87.3 Å². The molecule has 4 nitrogen and oxygen atoms in total. The van der Waals surface area contributed by atoms with Crippen LogP contribution in [0.15, 0.2) is 23.4 Å². The van der Waals surface area contributed by atoms with E-state index in [1.807, 2.05) is 6.92 Å². The Balaban J connectivity index is 2.69. The first-order chi connectivity index (χ1) is 6.65. The van der Waals surface area contributed by atoms with Crippen LogP contribution in [0.25, 0.3) is 0 Å². The number of nitrogens with two attached hydrogens (primary N) is 1. The highest BCUT2D eigenvalue weighted by Crippen LogP contribution is 2.25. The second kappa shape index (κ2) is 4.85. The Hall–Kier alpha value is -1.23. The summed E-state index contributed by atoms with van der Waals surface area (Å²) in [5.74, 6) is -0.0277. The summed E-state index contributed by atoms with van der Waals surface area (Å²) in [5.41, 5.74) is 6.30. The molecule has 1 aromatic rings. The molecule has 0 aliphatic carbocycles. The highest BCUT2D eigenvalue weighted by Gasteiger charge is 2.14. The predicted molar refractivity (Wildman–Crippen MR) is 58.0 cm³/mol. The van der Waals surface area contributed by atoms with Gasteiger partial charge in [0.2, 0.25) is 5.91 Å². The van der Waals surface area contributed by atoms with Gasteiger partial charge in [-0.1, -0.05) is 11.8 Å². The van der Waals surface area contributed by atoms with E-state index in [1.165, 1.54) is 11.8 Å². The molecule has 14 heavy (non-hydrogen) atoms. The minimum Gasteiger partial charge on any atom is -0.397 e. The first-order valence-electron chi connectivity index (χ1n) is 4.24. The van der Waals surface area contributed by atoms with Crippen LogP contribution in [-0.2, 0) is 4.79 Å². The Morgan fingerprint density at radius 2 is 2.43 bits per heavy atom. The van der Waals surface area contributed by atoms with E-state index < -0.39 is 0 Å². The van der Waals surface area contributed by atoms with Crippen LogP contribution in [0.2, 0.25) is 0 Å².